The number of hydrogen-bond acceptors (Lipinski definition) is 4. The summed E-state index contributed by atoms with van der Waals surface area (Å²) in [5.74, 6) is 0.478. The SMILES string of the molecule is Oc1cccc2cccnc12.Oc1cccc2cccnc12.[Cl][Pd][Cl]. The second-order valence-corrected chi connectivity index (χ2v) is 7.11. The molecule has 0 bridgehead atoms. The van der Waals surface area contributed by atoms with Crippen LogP contribution in [0.4, 0.5) is 0 Å². The molecule has 0 saturated heterocycles. The van der Waals surface area contributed by atoms with Crippen LogP contribution in [0.25, 0.3) is 21.8 Å². The van der Waals surface area contributed by atoms with E-state index < -0.39 is 0 Å². The predicted molar refractivity (Wildman–Crippen MR) is 98.5 cm³/mol. The second-order valence-electron chi connectivity index (χ2n) is 4.75. The Kier molecular flexibility index (Phi) is 7.91. The van der Waals surface area contributed by atoms with Gasteiger partial charge in [0.15, 0.2) is 0 Å². The van der Waals surface area contributed by atoms with Crippen molar-refractivity contribution in [2.24, 2.45) is 0 Å². The van der Waals surface area contributed by atoms with Gasteiger partial charge in [-0.15, -0.1) is 0 Å². The van der Waals surface area contributed by atoms with Crippen LogP contribution < -0.4 is 0 Å². The zero-order valence-electron chi connectivity index (χ0n) is 12.8. The van der Waals surface area contributed by atoms with Crippen LogP contribution >= 0.6 is 19.1 Å². The molecule has 0 fully saturated rings. The summed E-state index contributed by atoms with van der Waals surface area (Å²) in [5, 5.41) is 20.5. The maximum atomic E-state index is 9.31. The number of hydrogen-bond donors (Lipinski definition) is 2. The van der Waals surface area contributed by atoms with Gasteiger partial charge in [-0.3, -0.25) is 9.97 Å². The van der Waals surface area contributed by atoms with Crippen molar-refractivity contribution in [3.05, 3.63) is 73.1 Å². The van der Waals surface area contributed by atoms with Gasteiger partial charge < -0.3 is 10.2 Å². The zero-order valence-corrected chi connectivity index (χ0v) is 15.9. The minimum atomic E-state index is -0.106. The van der Waals surface area contributed by atoms with Gasteiger partial charge >= 0.3 is 35.0 Å². The molecule has 4 rings (SSSR count). The third-order valence-corrected chi connectivity index (χ3v) is 3.22. The Labute approximate surface area is 161 Å². The van der Waals surface area contributed by atoms with E-state index in [1.54, 1.807) is 36.7 Å². The van der Waals surface area contributed by atoms with E-state index in [4.69, 9.17) is 19.1 Å². The van der Waals surface area contributed by atoms with Gasteiger partial charge in [-0.25, -0.2) is 0 Å². The summed E-state index contributed by atoms with van der Waals surface area (Å²) < 4.78 is 0. The molecule has 25 heavy (non-hydrogen) atoms. The Hall–Kier alpha value is -1.90. The zero-order chi connectivity index (χ0) is 18.1. The second kappa shape index (κ2) is 10.2. The number of aromatic nitrogens is 2. The number of nitrogens with zero attached hydrogens (tertiary/aromatic N) is 2. The van der Waals surface area contributed by atoms with Crippen LogP contribution in [0.1, 0.15) is 0 Å². The summed E-state index contributed by atoms with van der Waals surface area (Å²) in [4.78, 5) is 8.06. The average molecular weight is 468 g/mol. The van der Waals surface area contributed by atoms with E-state index in [2.05, 4.69) is 9.97 Å². The van der Waals surface area contributed by atoms with E-state index in [0.29, 0.717) is 11.0 Å². The van der Waals surface area contributed by atoms with Crippen LogP contribution in [-0.4, -0.2) is 20.2 Å². The number of benzene rings is 2. The van der Waals surface area contributed by atoms with Crippen molar-refractivity contribution < 1.29 is 26.2 Å². The Balaban J connectivity index is 0.000000156. The first kappa shape index (κ1) is 19.4. The molecule has 132 valence electrons. The molecule has 2 aromatic heterocycles. The number of phenolic OH excluding ortho intramolecular Hbond substituents is 2. The Morgan fingerprint density at radius 2 is 1.00 bits per heavy atom. The van der Waals surface area contributed by atoms with Crippen molar-refractivity contribution in [2.75, 3.05) is 0 Å². The van der Waals surface area contributed by atoms with Gasteiger partial charge in [0.05, 0.1) is 0 Å². The summed E-state index contributed by atoms with van der Waals surface area (Å²) in [6.45, 7) is 0. The predicted octanol–water partition coefficient (Wildman–Crippen LogP) is 5.26. The maximum absolute atomic E-state index is 9.31. The summed E-state index contributed by atoms with van der Waals surface area (Å²) in [5.41, 5.74) is 1.32. The molecule has 0 aliphatic carbocycles. The van der Waals surface area contributed by atoms with E-state index in [1.807, 2.05) is 36.4 Å². The van der Waals surface area contributed by atoms with Crippen LogP contribution in [0.2, 0.25) is 0 Å². The molecule has 0 amide bonds. The fourth-order valence-corrected chi connectivity index (χ4v) is 2.18. The number of aromatic hydroxyl groups is 2. The monoisotopic (exact) mass is 466 g/mol. The van der Waals surface area contributed by atoms with E-state index in [1.165, 1.54) is 0 Å². The molecular formula is C18H14Cl2N2O2Pd. The van der Waals surface area contributed by atoms with Crippen LogP contribution in [0.5, 0.6) is 11.5 Å². The molecule has 2 heterocycles. The fourth-order valence-electron chi connectivity index (χ4n) is 2.18. The van der Waals surface area contributed by atoms with Crippen LogP contribution in [0, 0.1) is 0 Å². The molecular weight excluding hydrogens is 454 g/mol. The number of phenols is 2. The third kappa shape index (κ3) is 5.55. The van der Waals surface area contributed by atoms with Crippen molar-refractivity contribution in [2.45, 2.75) is 0 Å². The first-order chi connectivity index (χ1) is 12.2. The van der Waals surface area contributed by atoms with Crippen molar-refractivity contribution in [3.63, 3.8) is 0 Å². The van der Waals surface area contributed by atoms with Crippen LogP contribution in [-0.2, 0) is 15.9 Å². The fraction of sp³-hybridized carbons (Fsp3) is 0. The molecule has 2 N–H and O–H groups in total. The molecule has 0 aliphatic rings. The van der Waals surface area contributed by atoms with E-state index in [9.17, 15) is 10.2 Å². The summed E-state index contributed by atoms with van der Waals surface area (Å²) in [7, 11) is 9.63. The molecule has 0 spiro atoms. The summed E-state index contributed by atoms with van der Waals surface area (Å²) in [6, 6.07) is 18.3. The minimum absolute atomic E-state index is 0.106. The van der Waals surface area contributed by atoms with Crippen LogP contribution in [0.15, 0.2) is 73.1 Å². The average Bonchev–Trinajstić information content (AvgIpc) is 2.64. The summed E-state index contributed by atoms with van der Waals surface area (Å²) in [6.07, 6.45) is 3.34. The van der Waals surface area contributed by atoms with Crippen molar-refractivity contribution in [3.8, 4) is 11.5 Å². The topological polar surface area (TPSA) is 66.2 Å². The number of halogens is 2. The van der Waals surface area contributed by atoms with Gasteiger partial charge in [-0.1, -0.05) is 36.4 Å². The van der Waals surface area contributed by atoms with Gasteiger partial charge in [0, 0.05) is 23.2 Å². The first-order valence-corrected chi connectivity index (χ1v) is 11.1. The molecule has 4 nitrogen and oxygen atoms in total. The molecule has 0 atom stereocenters. The summed E-state index contributed by atoms with van der Waals surface area (Å²) >= 11 is -0.106. The van der Waals surface area contributed by atoms with E-state index in [0.717, 1.165) is 10.8 Å². The van der Waals surface area contributed by atoms with Gasteiger partial charge in [-0.2, -0.15) is 0 Å². The normalized spacial score (nSPS) is 9.84. The number of rotatable bonds is 0. The molecule has 7 heteroatoms. The van der Waals surface area contributed by atoms with Gasteiger partial charge in [0.1, 0.15) is 22.5 Å². The number of para-hydroxylation sites is 2. The Morgan fingerprint density at radius 3 is 1.36 bits per heavy atom. The molecule has 0 aliphatic heterocycles. The number of fused-ring (bicyclic) bond motifs is 2. The molecule has 4 aromatic rings. The Morgan fingerprint density at radius 1 is 0.640 bits per heavy atom. The van der Waals surface area contributed by atoms with Gasteiger partial charge in [0.2, 0.25) is 0 Å². The molecule has 0 unspecified atom stereocenters. The van der Waals surface area contributed by atoms with Crippen molar-refractivity contribution in [1.82, 2.24) is 9.97 Å². The van der Waals surface area contributed by atoms with Crippen molar-refractivity contribution >= 4 is 40.9 Å². The quantitative estimate of drug-likeness (QED) is 0.346. The van der Waals surface area contributed by atoms with Crippen LogP contribution in [0.3, 0.4) is 0 Å². The molecule has 0 saturated carbocycles. The van der Waals surface area contributed by atoms with Gasteiger partial charge in [0.25, 0.3) is 0 Å². The third-order valence-electron chi connectivity index (χ3n) is 3.22. The first-order valence-electron chi connectivity index (χ1n) is 7.05. The van der Waals surface area contributed by atoms with E-state index >= 15 is 0 Å². The van der Waals surface area contributed by atoms with Gasteiger partial charge in [-0.05, 0) is 24.3 Å². The Bertz CT molecular complexity index is 866. The van der Waals surface area contributed by atoms with Crippen molar-refractivity contribution in [1.29, 1.82) is 0 Å². The van der Waals surface area contributed by atoms with E-state index in [-0.39, 0.29) is 27.4 Å². The molecule has 0 radical (unpaired) electrons. The standard InChI is InChI=1S/2C9H7NO.2ClH.Pd/c2*11-8-5-1-3-7-4-2-6-10-9(7)8;;;/h2*1-6,11H;2*1H;/q;;;;+2/p-2. The number of pyridine rings is 2. The molecule has 2 aromatic carbocycles.